The van der Waals surface area contributed by atoms with Gasteiger partial charge in [-0.2, -0.15) is 0 Å². The topological polar surface area (TPSA) is 58.2 Å². The molecule has 0 spiro atoms. The summed E-state index contributed by atoms with van der Waals surface area (Å²) in [5.41, 5.74) is 0.569. The summed E-state index contributed by atoms with van der Waals surface area (Å²) in [5, 5.41) is 3.05. The summed E-state index contributed by atoms with van der Waals surface area (Å²) >= 11 is 0. The summed E-state index contributed by atoms with van der Waals surface area (Å²) in [7, 11) is -3.67. The van der Waals surface area contributed by atoms with E-state index in [1.54, 1.807) is 0 Å². The summed E-state index contributed by atoms with van der Waals surface area (Å²) in [6.07, 6.45) is 0. The van der Waals surface area contributed by atoms with Gasteiger partial charge in [0.2, 0.25) is 10.0 Å². The van der Waals surface area contributed by atoms with Crippen molar-refractivity contribution in [1.82, 2.24) is 10.0 Å². The van der Waals surface area contributed by atoms with Crippen LogP contribution in [0.5, 0.6) is 0 Å². The van der Waals surface area contributed by atoms with Crippen LogP contribution >= 0.6 is 0 Å². The van der Waals surface area contributed by atoms with Gasteiger partial charge in [-0.25, -0.2) is 17.5 Å². The molecule has 0 aliphatic rings. The third kappa shape index (κ3) is 4.89. The number of hydrogen-bond acceptors (Lipinski definition) is 3. The molecule has 4 nitrogen and oxygen atoms in total. The van der Waals surface area contributed by atoms with Crippen molar-refractivity contribution < 1.29 is 12.8 Å². The highest BCUT2D eigenvalue weighted by Gasteiger charge is 2.19. The normalized spacial score (nSPS) is 12.1. The van der Waals surface area contributed by atoms with Gasteiger partial charge in [-0.05, 0) is 30.2 Å². The number of benzene rings is 1. The third-order valence-corrected chi connectivity index (χ3v) is 4.07. The molecule has 0 bridgehead atoms. The van der Waals surface area contributed by atoms with E-state index in [1.165, 1.54) is 12.1 Å². The van der Waals surface area contributed by atoms with Crippen LogP contribution in [0.25, 0.3) is 0 Å². The van der Waals surface area contributed by atoms with Crippen LogP contribution in [0.4, 0.5) is 4.39 Å². The standard InChI is InChI=1S/C13H21FN2O2S/c1-4-15-9-11-5-6-12(14)7-13(11)19(17,18)16-8-10(2)3/h5-7,10,15-16H,4,8-9H2,1-3H3. The van der Waals surface area contributed by atoms with Crippen molar-refractivity contribution in [1.29, 1.82) is 0 Å². The maximum atomic E-state index is 13.3. The van der Waals surface area contributed by atoms with Crippen LogP contribution in [-0.2, 0) is 16.6 Å². The van der Waals surface area contributed by atoms with Gasteiger partial charge in [-0.3, -0.25) is 0 Å². The summed E-state index contributed by atoms with van der Waals surface area (Å²) in [5.74, 6) is -0.356. The lowest BCUT2D eigenvalue weighted by atomic mass is 10.2. The fraction of sp³-hybridized carbons (Fsp3) is 0.538. The highest BCUT2D eigenvalue weighted by Crippen LogP contribution is 2.17. The second-order valence-electron chi connectivity index (χ2n) is 4.78. The molecule has 0 aliphatic heterocycles. The number of nitrogens with one attached hydrogen (secondary N) is 2. The Morgan fingerprint density at radius 2 is 2.00 bits per heavy atom. The minimum Gasteiger partial charge on any atom is -0.313 e. The maximum Gasteiger partial charge on any atom is 0.241 e. The van der Waals surface area contributed by atoms with Gasteiger partial charge in [-0.15, -0.1) is 0 Å². The molecule has 1 aromatic rings. The molecule has 1 rings (SSSR count). The number of rotatable bonds is 7. The van der Waals surface area contributed by atoms with Gasteiger partial charge < -0.3 is 5.32 Å². The molecule has 19 heavy (non-hydrogen) atoms. The maximum absolute atomic E-state index is 13.3. The number of sulfonamides is 1. The minimum atomic E-state index is -3.67. The minimum absolute atomic E-state index is 0.00843. The van der Waals surface area contributed by atoms with Crippen LogP contribution in [0.2, 0.25) is 0 Å². The van der Waals surface area contributed by atoms with Gasteiger partial charge in [0.25, 0.3) is 0 Å². The Balaban J connectivity index is 3.05. The molecule has 0 heterocycles. The Morgan fingerprint density at radius 1 is 1.32 bits per heavy atom. The molecule has 0 saturated heterocycles. The van der Waals surface area contributed by atoms with E-state index in [9.17, 15) is 12.8 Å². The zero-order valence-corrected chi connectivity index (χ0v) is 12.3. The van der Waals surface area contributed by atoms with Crippen LogP contribution in [-0.4, -0.2) is 21.5 Å². The quantitative estimate of drug-likeness (QED) is 0.805. The Bertz CT molecular complexity index is 515. The predicted molar refractivity (Wildman–Crippen MR) is 73.8 cm³/mol. The number of halogens is 1. The van der Waals surface area contributed by atoms with Gasteiger partial charge in [0.1, 0.15) is 5.82 Å². The van der Waals surface area contributed by atoms with E-state index in [2.05, 4.69) is 10.0 Å². The number of hydrogen-bond donors (Lipinski definition) is 2. The van der Waals surface area contributed by atoms with Crippen molar-refractivity contribution in [3.63, 3.8) is 0 Å². The highest BCUT2D eigenvalue weighted by atomic mass is 32.2. The molecule has 0 aromatic heterocycles. The highest BCUT2D eigenvalue weighted by molar-refractivity contribution is 7.89. The molecule has 6 heteroatoms. The first-order chi connectivity index (χ1) is 8.86. The van der Waals surface area contributed by atoms with Crippen molar-refractivity contribution in [2.45, 2.75) is 32.2 Å². The fourth-order valence-electron chi connectivity index (χ4n) is 1.54. The van der Waals surface area contributed by atoms with Crippen LogP contribution < -0.4 is 10.0 Å². The van der Waals surface area contributed by atoms with Crippen LogP contribution in [0.15, 0.2) is 23.1 Å². The molecule has 0 saturated carbocycles. The van der Waals surface area contributed by atoms with Crippen molar-refractivity contribution in [2.75, 3.05) is 13.1 Å². The van der Waals surface area contributed by atoms with Gasteiger partial charge in [0, 0.05) is 13.1 Å². The molecule has 0 atom stereocenters. The largest absolute Gasteiger partial charge is 0.313 e. The zero-order valence-electron chi connectivity index (χ0n) is 11.5. The molecule has 2 N–H and O–H groups in total. The average molecular weight is 288 g/mol. The first kappa shape index (κ1) is 16.1. The molecule has 108 valence electrons. The summed E-state index contributed by atoms with van der Waals surface area (Å²) in [6.45, 7) is 7.19. The summed E-state index contributed by atoms with van der Waals surface area (Å²) in [6, 6.07) is 3.84. The Labute approximate surface area is 114 Å². The SMILES string of the molecule is CCNCc1ccc(F)cc1S(=O)(=O)NCC(C)C. The van der Waals surface area contributed by atoms with Gasteiger partial charge in [0.15, 0.2) is 0 Å². The van der Waals surface area contributed by atoms with Crippen LogP contribution in [0.1, 0.15) is 26.3 Å². The van der Waals surface area contributed by atoms with Gasteiger partial charge >= 0.3 is 0 Å². The lowest BCUT2D eigenvalue weighted by Crippen LogP contribution is -2.29. The molecule has 0 unspecified atom stereocenters. The summed E-state index contributed by atoms with van der Waals surface area (Å²) < 4.78 is 40.1. The van der Waals surface area contributed by atoms with Gasteiger partial charge in [0.05, 0.1) is 4.90 Å². The fourth-order valence-corrected chi connectivity index (χ4v) is 3.00. The molecule has 0 amide bonds. The zero-order chi connectivity index (χ0) is 14.5. The van der Waals surface area contributed by atoms with E-state index in [1.807, 2.05) is 20.8 Å². The third-order valence-electron chi connectivity index (χ3n) is 2.57. The predicted octanol–water partition coefficient (Wildman–Crippen LogP) is 1.87. The first-order valence-electron chi connectivity index (χ1n) is 6.35. The Hall–Kier alpha value is -0.980. The van der Waals surface area contributed by atoms with Crippen molar-refractivity contribution in [2.24, 2.45) is 5.92 Å². The van der Waals surface area contributed by atoms with E-state index < -0.39 is 15.8 Å². The van der Waals surface area contributed by atoms with E-state index >= 15 is 0 Å². The van der Waals surface area contributed by atoms with E-state index in [-0.39, 0.29) is 10.8 Å². The Kier molecular flexibility index (Phi) is 5.90. The summed E-state index contributed by atoms with van der Waals surface area (Å²) in [4.78, 5) is 0.00843. The van der Waals surface area contributed by atoms with Crippen molar-refractivity contribution in [3.8, 4) is 0 Å². The second kappa shape index (κ2) is 6.98. The van der Waals surface area contributed by atoms with Crippen molar-refractivity contribution >= 4 is 10.0 Å². The molecular formula is C13H21FN2O2S. The molecule has 0 radical (unpaired) electrons. The van der Waals surface area contributed by atoms with E-state index in [0.29, 0.717) is 18.7 Å². The lowest BCUT2D eigenvalue weighted by Gasteiger charge is -2.13. The molecule has 1 aromatic carbocycles. The lowest BCUT2D eigenvalue weighted by molar-refractivity contribution is 0.555. The van der Waals surface area contributed by atoms with E-state index in [0.717, 1.165) is 12.6 Å². The second-order valence-corrected chi connectivity index (χ2v) is 6.51. The van der Waals surface area contributed by atoms with E-state index in [4.69, 9.17) is 0 Å². The van der Waals surface area contributed by atoms with Crippen LogP contribution in [0, 0.1) is 11.7 Å². The monoisotopic (exact) mass is 288 g/mol. The molecular weight excluding hydrogens is 267 g/mol. The molecule has 0 aliphatic carbocycles. The van der Waals surface area contributed by atoms with Crippen LogP contribution in [0.3, 0.4) is 0 Å². The Morgan fingerprint density at radius 3 is 2.58 bits per heavy atom. The van der Waals surface area contributed by atoms with Crippen molar-refractivity contribution in [3.05, 3.63) is 29.6 Å². The van der Waals surface area contributed by atoms with Gasteiger partial charge in [-0.1, -0.05) is 26.8 Å². The smallest absolute Gasteiger partial charge is 0.241 e. The molecule has 0 fully saturated rings. The first-order valence-corrected chi connectivity index (χ1v) is 7.84. The average Bonchev–Trinajstić information content (AvgIpc) is 2.35.